The van der Waals surface area contributed by atoms with Crippen LogP contribution in [-0.2, 0) is 16.6 Å². The van der Waals surface area contributed by atoms with Gasteiger partial charge in [0.25, 0.3) is 0 Å². The number of carbonyl (C=O) groups excluding carboxylic acids is 1. The standard InChI is InChI=1S/C25H24F2N4O3/c1-14-10-16(26)4-7-20(14)24(21-8-5-17(27)11-15(21)2)22(25-28-29-30-31(25)3)9-6-19-12-18(32)13-23(33)34-19/h4-11,18-19,32H,12-13H2,1-3H3/t18-,19-/m0/s1. The molecule has 1 aromatic heterocycles. The van der Waals surface area contributed by atoms with Gasteiger partial charge in [-0.3, -0.25) is 4.79 Å². The minimum absolute atomic E-state index is 0.0466. The predicted molar refractivity (Wildman–Crippen MR) is 121 cm³/mol. The summed E-state index contributed by atoms with van der Waals surface area (Å²) in [6.07, 6.45) is 2.17. The number of nitrogens with zero attached hydrogens (tertiary/aromatic N) is 4. The van der Waals surface area contributed by atoms with Gasteiger partial charge in [0, 0.05) is 24.6 Å². The van der Waals surface area contributed by atoms with Crippen LogP contribution in [0.4, 0.5) is 8.78 Å². The van der Waals surface area contributed by atoms with Gasteiger partial charge in [-0.2, -0.15) is 0 Å². The minimum Gasteiger partial charge on any atom is -0.458 e. The molecule has 0 radical (unpaired) electrons. The molecule has 0 saturated carbocycles. The van der Waals surface area contributed by atoms with Gasteiger partial charge in [-0.25, -0.2) is 13.5 Å². The van der Waals surface area contributed by atoms with Crippen LogP contribution in [0.25, 0.3) is 11.1 Å². The molecular weight excluding hydrogens is 442 g/mol. The molecule has 1 N–H and O–H groups in total. The molecular formula is C25H24F2N4O3. The quantitative estimate of drug-likeness (QED) is 0.456. The smallest absolute Gasteiger partial charge is 0.309 e. The highest BCUT2D eigenvalue weighted by Crippen LogP contribution is 2.36. The maximum atomic E-state index is 14.0. The first-order chi connectivity index (χ1) is 16.2. The number of aromatic nitrogens is 4. The summed E-state index contributed by atoms with van der Waals surface area (Å²) < 4.78 is 34.8. The van der Waals surface area contributed by atoms with E-state index >= 15 is 0 Å². The van der Waals surface area contributed by atoms with E-state index in [9.17, 15) is 18.7 Å². The van der Waals surface area contributed by atoms with Crippen molar-refractivity contribution in [3.05, 3.63) is 88.3 Å². The summed E-state index contributed by atoms with van der Waals surface area (Å²) >= 11 is 0. The van der Waals surface area contributed by atoms with Crippen LogP contribution in [0.1, 0.15) is 40.9 Å². The van der Waals surface area contributed by atoms with Gasteiger partial charge in [0.05, 0.1) is 12.5 Å². The maximum absolute atomic E-state index is 14.0. The molecule has 176 valence electrons. The van der Waals surface area contributed by atoms with Crippen molar-refractivity contribution < 1.29 is 23.4 Å². The van der Waals surface area contributed by atoms with E-state index in [1.165, 1.54) is 28.9 Å². The van der Waals surface area contributed by atoms with Gasteiger partial charge < -0.3 is 9.84 Å². The molecule has 1 aliphatic rings. The van der Waals surface area contributed by atoms with E-state index < -0.39 is 18.2 Å². The third-order valence-corrected chi connectivity index (χ3v) is 5.71. The molecule has 0 unspecified atom stereocenters. The lowest BCUT2D eigenvalue weighted by Crippen LogP contribution is -2.31. The Hall–Kier alpha value is -3.72. The van der Waals surface area contributed by atoms with Crippen LogP contribution in [0.15, 0.2) is 48.6 Å². The molecule has 3 aromatic rings. The van der Waals surface area contributed by atoms with E-state index in [0.717, 1.165) is 0 Å². The van der Waals surface area contributed by atoms with Gasteiger partial charge in [-0.05, 0) is 76.9 Å². The van der Waals surface area contributed by atoms with Crippen molar-refractivity contribution in [3.63, 3.8) is 0 Å². The zero-order valence-electron chi connectivity index (χ0n) is 19.0. The molecule has 1 saturated heterocycles. The highest BCUT2D eigenvalue weighted by molar-refractivity contribution is 6.02. The van der Waals surface area contributed by atoms with Gasteiger partial charge in [-0.1, -0.05) is 18.2 Å². The first-order valence-corrected chi connectivity index (χ1v) is 10.8. The lowest BCUT2D eigenvalue weighted by Gasteiger charge is -2.24. The van der Waals surface area contributed by atoms with Crippen molar-refractivity contribution in [1.82, 2.24) is 20.2 Å². The van der Waals surface area contributed by atoms with E-state index in [1.54, 1.807) is 45.2 Å². The average Bonchev–Trinajstić information content (AvgIpc) is 3.17. The summed E-state index contributed by atoms with van der Waals surface area (Å²) in [4.78, 5) is 11.8. The Morgan fingerprint density at radius 1 is 1.12 bits per heavy atom. The molecule has 2 heterocycles. The number of aliphatic hydroxyl groups excluding tert-OH is 1. The number of esters is 1. The van der Waals surface area contributed by atoms with Crippen LogP contribution in [0.5, 0.6) is 0 Å². The third-order valence-electron chi connectivity index (χ3n) is 5.71. The Morgan fingerprint density at radius 3 is 2.24 bits per heavy atom. The Balaban J connectivity index is 1.98. The van der Waals surface area contributed by atoms with Gasteiger partial charge >= 0.3 is 5.97 Å². The first kappa shape index (κ1) is 23.4. The summed E-state index contributed by atoms with van der Waals surface area (Å²) in [5.41, 5.74) is 3.97. The van der Waals surface area contributed by atoms with Crippen molar-refractivity contribution in [2.24, 2.45) is 7.05 Å². The summed E-state index contributed by atoms with van der Waals surface area (Å²) in [7, 11) is 1.68. The Labute approximate surface area is 195 Å². The molecule has 9 heteroatoms. The van der Waals surface area contributed by atoms with Crippen molar-refractivity contribution in [1.29, 1.82) is 0 Å². The number of halogens is 2. The van der Waals surface area contributed by atoms with Gasteiger partial charge in [0.1, 0.15) is 17.7 Å². The van der Waals surface area contributed by atoms with E-state index in [2.05, 4.69) is 15.5 Å². The number of cyclic esters (lactones) is 1. The van der Waals surface area contributed by atoms with Crippen LogP contribution in [0, 0.1) is 25.5 Å². The number of rotatable bonds is 5. The van der Waals surface area contributed by atoms with Crippen molar-refractivity contribution in [2.45, 2.75) is 38.9 Å². The van der Waals surface area contributed by atoms with Crippen molar-refractivity contribution in [2.75, 3.05) is 0 Å². The largest absolute Gasteiger partial charge is 0.458 e. The molecule has 34 heavy (non-hydrogen) atoms. The fourth-order valence-corrected chi connectivity index (χ4v) is 4.11. The number of benzene rings is 2. The summed E-state index contributed by atoms with van der Waals surface area (Å²) in [6, 6.07) is 8.87. The molecule has 7 nitrogen and oxygen atoms in total. The molecule has 2 atom stereocenters. The monoisotopic (exact) mass is 466 g/mol. The molecule has 0 bridgehead atoms. The lowest BCUT2D eigenvalue weighted by molar-refractivity contribution is -0.156. The Morgan fingerprint density at radius 2 is 1.74 bits per heavy atom. The number of aliphatic hydroxyl groups is 1. The van der Waals surface area contributed by atoms with E-state index in [-0.39, 0.29) is 24.5 Å². The summed E-state index contributed by atoms with van der Waals surface area (Å²) in [6.45, 7) is 3.57. The zero-order chi connectivity index (χ0) is 24.4. The number of carbonyl (C=O) groups is 1. The third kappa shape index (κ3) is 4.94. The molecule has 0 amide bonds. The van der Waals surface area contributed by atoms with Crippen molar-refractivity contribution in [3.8, 4) is 0 Å². The van der Waals surface area contributed by atoms with Crippen LogP contribution in [-0.4, -0.2) is 43.5 Å². The normalized spacial score (nSPS) is 18.2. The van der Waals surface area contributed by atoms with Crippen LogP contribution in [0.2, 0.25) is 0 Å². The fraction of sp³-hybridized carbons (Fsp3) is 0.280. The number of hydrogen-bond acceptors (Lipinski definition) is 6. The van der Waals surface area contributed by atoms with Crippen LogP contribution < -0.4 is 0 Å². The van der Waals surface area contributed by atoms with Gasteiger partial charge in [0.2, 0.25) is 0 Å². The maximum Gasteiger partial charge on any atom is 0.309 e. The number of aryl methyl sites for hydroxylation is 3. The topological polar surface area (TPSA) is 90.1 Å². The average molecular weight is 466 g/mol. The first-order valence-electron chi connectivity index (χ1n) is 10.8. The fourth-order valence-electron chi connectivity index (χ4n) is 4.11. The second-order valence-electron chi connectivity index (χ2n) is 8.31. The molecule has 1 fully saturated rings. The highest BCUT2D eigenvalue weighted by Gasteiger charge is 2.26. The second-order valence-corrected chi connectivity index (χ2v) is 8.31. The van der Waals surface area contributed by atoms with E-state index in [1.807, 2.05) is 0 Å². The Kier molecular flexibility index (Phi) is 6.65. The SMILES string of the molecule is Cc1cc(F)ccc1C(=C(C=C[C@H]1C[C@H](O)CC(=O)O1)c1nnnn1C)c1ccc(F)cc1C. The number of allylic oxidation sites excluding steroid dienone is 2. The predicted octanol–water partition coefficient (Wildman–Crippen LogP) is 3.69. The van der Waals surface area contributed by atoms with Gasteiger partial charge in [-0.15, -0.1) is 5.10 Å². The van der Waals surface area contributed by atoms with E-state index in [4.69, 9.17) is 4.74 Å². The molecule has 2 aromatic carbocycles. The molecule has 0 aliphatic carbocycles. The number of tetrazole rings is 1. The molecule has 4 rings (SSSR count). The second kappa shape index (κ2) is 9.64. The minimum atomic E-state index is -0.794. The number of ether oxygens (including phenoxy) is 1. The van der Waals surface area contributed by atoms with Crippen molar-refractivity contribution >= 4 is 17.1 Å². The Bertz CT molecular complexity index is 1250. The van der Waals surface area contributed by atoms with Gasteiger partial charge in [0.15, 0.2) is 5.82 Å². The van der Waals surface area contributed by atoms with Crippen LogP contribution in [0.3, 0.4) is 0 Å². The summed E-state index contributed by atoms with van der Waals surface area (Å²) in [5, 5.41) is 21.8. The number of hydrogen-bond donors (Lipinski definition) is 1. The van der Waals surface area contributed by atoms with Crippen LogP contribution >= 0.6 is 0 Å². The zero-order valence-corrected chi connectivity index (χ0v) is 19.0. The lowest BCUT2D eigenvalue weighted by atomic mass is 9.87. The highest BCUT2D eigenvalue weighted by atomic mass is 19.1. The molecule has 1 aliphatic heterocycles. The molecule has 0 spiro atoms. The van der Waals surface area contributed by atoms with E-state index in [0.29, 0.717) is 39.2 Å². The summed E-state index contributed by atoms with van der Waals surface area (Å²) in [5.74, 6) is -0.835.